The number of carbonyl (C=O) groups is 1. The number of anilines is 3. The Kier molecular flexibility index (Phi) is 6.94. The van der Waals surface area contributed by atoms with Crippen LogP contribution in [-0.2, 0) is 4.74 Å². The number of carbonyl (C=O) groups excluding carboxylic acids is 1. The predicted molar refractivity (Wildman–Crippen MR) is 126 cm³/mol. The molecule has 4 N–H and O–H groups in total. The second-order valence-corrected chi connectivity index (χ2v) is 9.01. The Balaban J connectivity index is 1.57. The van der Waals surface area contributed by atoms with Crippen LogP contribution in [0.2, 0.25) is 0 Å². The van der Waals surface area contributed by atoms with Gasteiger partial charge in [0.2, 0.25) is 0 Å². The average molecular weight is 472 g/mol. The third-order valence-corrected chi connectivity index (χ3v) is 5.75. The number of rotatable bonds is 8. The summed E-state index contributed by atoms with van der Waals surface area (Å²) in [7, 11) is 0. The summed E-state index contributed by atoms with van der Waals surface area (Å²) in [5.74, 6) is 0.654. The fourth-order valence-corrected chi connectivity index (χ4v) is 3.60. The van der Waals surface area contributed by atoms with Gasteiger partial charge in [-0.1, -0.05) is 0 Å². The second kappa shape index (κ2) is 9.90. The van der Waals surface area contributed by atoms with Crippen molar-refractivity contribution in [2.45, 2.75) is 51.4 Å². The molecule has 1 aliphatic heterocycles. The SMILES string of the molecule is Cc1cn2nccc2nc1Nc1cc(NC2CCOCC2)c(C(=O)NC[C@@H](F)C(C)(C)O)cn1. The molecule has 4 heterocycles. The second-order valence-electron chi connectivity index (χ2n) is 9.01. The van der Waals surface area contributed by atoms with E-state index in [9.17, 15) is 14.3 Å². The highest BCUT2D eigenvalue weighted by Gasteiger charge is 2.27. The zero-order valence-corrected chi connectivity index (χ0v) is 19.5. The first-order valence-corrected chi connectivity index (χ1v) is 11.3. The van der Waals surface area contributed by atoms with Gasteiger partial charge in [0.25, 0.3) is 5.91 Å². The van der Waals surface area contributed by atoms with Gasteiger partial charge in [0.1, 0.15) is 17.8 Å². The third-order valence-electron chi connectivity index (χ3n) is 5.75. The number of hydrogen-bond acceptors (Lipinski definition) is 8. The minimum Gasteiger partial charge on any atom is -0.387 e. The molecule has 0 bridgehead atoms. The smallest absolute Gasteiger partial charge is 0.255 e. The molecule has 0 radical (unpaired) electrons. The molecule has 0 spiro atoms. The maximum absolute atomic E-state index is 14.2. The average Bonchev–Trinajstić information content (AvgIpc) is 3.24. The van der Waals surface area contributed by atoms with Gasteiger partial charge in [0, 0.05) is 49.3 Å². The molecule has 1 aliphatic rings. The van der Waals surface area contributed by atoms with Crippen LogP contribution >= 0.6 is 0 Å². The summed E-state index contributed by atoms with van der Waals surface area (Å²) in [6.45, 7) is 5.60. The van der Waals surface area contributed by atoms with E-state index in [1.807, 2.05) is 13.1 Å². The maximum Gasteiger partial charge on any atom is 0.255 e. The van der Waals surface area contributed by atoms with E-state index in [0.29, 0.717) is 36.2 Å². The molecule has 10 nitrogen and oxygen atoms in total. The number of amides is 1. The highest BCUT2D eigenvalue weighted by molar-refractivity contribution is 5.99. The quantitative estimate of drug-likeness (QED) is 0.395. The largest absolute Gasteiger partial charge is 0.387 e. The van der Waals surface area contributed by atoms with Gasteiger partial charge in [-0.15, -0.1) is 0 Å². The molecule has 1 atom stereocenters. The number of aliphatic hydroxyl groups is 1. The first-order valence-electron chi connectivity index (χ1n) is 11.3. The highest BCUT2D eigenvalue weighted by Crippen LogP contribution is 2.25. The number of hydrogen-bond donors (Lipinski definition) is 4. The normalized spacial score (nSPS) is 15.8. The first kappa shape index (κ1) is 23.8. The van der Waals surface area contributed by atoms with E-state index in [-0.39, 0.29) is 18.2 Å². The van der Waals surface area contributed by atoms with Crippen LogP contribution < -0.4 is 16.0 Å². The Morgan fingerprint density at radius 1 is 1.38 bits per heavy atom. The maximum atomic E-state index is 14.2. The molecule has 3 aromatic rings. The summed E-state index contributed by atoms with van der Waals surface area (Å²) in [4.78, 5) is 21.8. The minimum atomic E-state index is -1.61. The number of alkyl halides is 1. The fraction of sp³-hybridized carbons (Fsp3) is 0.478. The van der Waals surface area contributed by atoms with E-state index >= 15 is 0 Å². The van der Waals surface area contributed by atoms with E-state index in [0.717, 1.165) is 18.4 Å². The molecule has 1 fully saturated rings. The topological polar surface area (TPSA) is 126 Å². The van der Waals surface area contributed by atoms with Gasteiger partial charge < -0.3 is 25.8 Å². The molecule has 0 unspecified atom stereocenters. The molecule has 1 saturated heterocycles. The number of nitrogens with zero attached hydrogens (tertiary/aromatic N) is 4. The monoisotopic (exact) mass is 471 g/mol. The van der Waals surface area contributed by atoms with Crippen LogP contribution in [0.4, 0.5) is 21.7 Å². The van der Waals surface area contributed by atoms with E-state index in [1.165, 1.54) is 20.0 Å². The Morgan fingerprint density at radius 3 is 2.88 bits per heavy atom. The molecule has 34 heavy (non-hydrogen) atoms. The van der Waals surface area contributed by atoms with Crippen LogP contribution in [0.5, 0.6) is 0 Å². The van der Waals surface area contributed by atoms with Crippen LogP contribution in [0.1, 0.15) is 42.6 Å². The number of fused-ring (bicyclic) bond motifs is 1. The van der Waals surface area contributed by atoms with Crippen molar-refractivity contribution >= 4 is 28.9 Å². The standard InChI is InChI=1S/C23H30FN7O3/c1-14-13-31-20(4-7-27-31)30-21(14)29-19-10-17(28-15-5-8-34-9-6-15)16(11-25-19)22(32)26-12-18(24)23(2,3)33/h4,7,10-11,13,15,18,33H,5-6,8-9,12H2,1-3H3,(H,26,32)(H2,25,28,29,30)/t18-/m1/s1. The Labute approximate surface area is 196 Å². The fourth-order valence-electron chi connectivity index (χ4n) is 3.60. The predicted octanol–water partition coefficient (Wildman–Crippen LogP) is 2.61. The summed E-state index contributed by atoms with van der Waals surface area (Å²) < 4.78 is 21.3. The number of halogens is 1. The van der Waals surface area contributed by atoms with Gasteiger partial charge in [-0.2, -0.15) is 5.10 Å². The highest BCUT2D eigenvalue weighted by atomic mass is 19.1. The molecule has 0 aromatic carbocycles. The van der Waals surface area contributed by atoms with Crippen molar-refractivity contribution in [1.82, 2.24) is 24.9 Å². The van der Waals surface area contributed by atoms with Gasteiger partial charge in [0.05, 0.1) is 29.6 Å². The summed E-state index contributed by atoms with van der Waals surface area (Å²) in [5.41, 5.74) is 0.875. The van der Waals surface area contributed by atoms with Crippen molar-refractivity contribution in [2.75, 3.05) is 30.4 Å². The number of pyridine rings is 1. The Morgan fingerprint density at radius 2 is 2.15 bits per heavy atom. The van der Waals surface area contributed by atoms with Crippen molar-refractivity contribution in [1.29, 1.82) is 0 Å². The third kappa shape index (κ3) is 5.60. The molecular weight excluding hydrogens is 441 g/mol. The molecule has 0 aliphatic carbocycles. The van der Waals surface area contributed by atoms with Crippen molar-refractivity contribution < 1.29 is 19.0 Å². The van der Waals surface area contributed by atoms with Gasteiger partial charge in [0.15, 0.2) is 5.65 Å². The van der Waals surface area contributed by atoms with Crippen LogP contribution in [-0.4, -0.2) is 68.2 Å². The number of aromatic nitrogens is 4. The van der Waals surface area contributed by atoms with Crippen LogP contribution in [0.25, 0.3) is 5.65 Å². The summed E-state index contributed by atoms with van der Waals surface area (Å²) in [5, 5.41) is 23.2. The minimum absolute atomic E-state index is 0.129. The van der Waals surface area contributed by atoms with Crippen molar-refractivity contribution in [3.63, 3.8) is 0 Å². The van der Waals surface area contributed by atoms with Gasteiger partial charge in [-0.3, -0.25) is 4.79 Å². The number of nitrogens with one attached hydrogen (secondary N) is 3. The molecule has 4 rings (SSSR count). The van der Waals surface area contributed by atoms with Gasteiger partial charge >= 0.3 is 0 Å². The zero-order chi connectivity index (χ0) is 24.3. The number of aryl methyl sites for hydroxylation is 1. The number of ether oxygens (including phenoxy) is 1. The first-order chi connectivity index (χ1) is 16.2. The summed E-state index contributed by atoms with van der Waals surface area (Å²) in [6.07, 6.45) is 4.98. The van der Waals surface area contributed by atoms with Crippen LogP contribution in [0, 0.1) is 6.92 Å². The van der Waals surface area contributed by atoms with E-state index in [1.54, 1.807) is 22.8 Å². The van der Waals surface area contributed by atoms with Gasteiger partial charge in [-0.05, 0) is 33.6 Å². The molecule has 1 amide bonds. The van der Waals surface area contributed by atoms with E-state index in [2.05, 4.69) is 31.0 Å². The lowest BCUT2D eigenvalue weighted by molar-refractivity contribution is -0.00177. The molecule has 3 aromatic heterocycles. The van der Waals surface area contributed by atoms with Gasteiger partial charge in [-0.25, -0.2) is 18.9 Å². The van der Waals surface area contributed by atoms with Crippen LogP contribution in [0.3, 0.4) is 0 Å². The Bertz CT molecular complexity index is 1160. The molecule has 182 valence electrons. The molecular formula is C23H30FN7O3. The Hall–Kier alpha value is -3.31. The lowest BCUT2D eigenvalue weighted by Crippen LogP contribution is -2.42. The van der Waals surface area contributed by atoms with E-state index < -0.39 is 17.7 Å². The summed E-state index contributed by atoms with van der Waals surface area (Å²) >= 11 is 0. The zero-order valence-electron chi connectivity index (χ0n) is 19.5. The van der Waals surface area contributed by atoms with Crippen molar-refractivity contribution in [3.05, 3.63) is 41.9 Å². The van der Waals surface area contributed by atoms with Crippen molar-refractivity contribution in [3.8, 4) is 0 Å². The molecule has 0 saturated carbocycles. The lowest BCUT2D eigenvalue weighted by atomic mass is 10.0. The van der Waals surface area contributed by atoms with Crippen molar-refractivity contribution in [2.24, 2.45) is 0 Å². The van der Waals surface area contributed by atoms with E-state index in [4.69, 9.17) is 4.74 Å². The van der Waals surface area contributed by atoms with Crippen LogP contribution in [0.15, 0.2) is 30.7 Å². The molecule has 11 heteroatoms. The lowest BCUT2D eigenvalue weighted by Gasteiger charge is -2.26. The summed E-state index contributed by atoms with van der Waals surface area (Å²) in [6, 6.07) is 3.67.